The van der Waals surface area contributed by atoms with Gasteiger partial charge in [-0.05, 0) is 45.8 Å². The van der Waals surface area contributed by atoms with Crippen LogP contribution < -0.4 is 5.32 Å². The van der Waals surface area contributed by atoms with E-state index in [4.69, 9.17) is 17.3 Å². The van der Waals surface area contributed by atoms with Crippen molar-refractivity contribution >= 4 is 17.3 Å². The molecule has 0 aromatic heterocycles. The Balaban J connectivity index is 4.63. The van der Waals surface area contributed by atoms with E-state index >= 15 is 0 Å². The van der Waals surface area contributed by atoms with Gasteiger partial charge in [0.05, 0.1) is 6.61 Å². The van der Waals surface area contributed by atoms with E-state index in [1.807, 2.05) is 0 Å². The summed E-state index contributed by atoms with van der Waals surface area (Å²) < 4.78 is 0. The van der Waals surface area contributed by atoms with E-state index < -0.39 is 0 Å². The van der Waals surface area contributed by atoms with Crippen LogP contribution in [0.4, 0.5) is 0 Å². The lowest BCUT2D eigenvalue weighted by molar-refractivity contribution is 0.204. The zero-order valence-electron chi connectivity index (χ0n) is 11.9. The molecule has 0 rings (SSSR count). The van der Waals surface area contributed by atoms with Crippen molar-refractivity contribution < 1.29 is 5.11 Å². The van der Waals surface area contributed by atoms with Crippen LogP contribution >= 0.6 is 12.2 Å². The van der Waals surface area contributed by atoms with E-state index in [-0.39, 0.29) is 12.1 Å². The monoisotopic (exact) mass is 260 g/mol. The van der Waals surface area contributed by atoms with Gasteiger partial charge < -0.3 is 15.3 Å². The van der Waals surface area contributed by atoms with Crippen molar-refractivity contribution in [1.82, 2.24) is 10.2 Å². The first-order valence-electron chi connectivity index (χ1n) is 6.55. The van der Waals surface area contributed by atoms with Crippen LogP contribution in [0.25, 0.3) is 0 Å². The first-order valence-corrected chi connectivity index (χ1v) is 6.96. The second-order valence-corrected chi connectivity index (χ2v) is 5.83. The van der Waals surface area contributed by atoms with Gasteiger partial charge in [0.2, 0.25) is 0 Å². The Bertz CT molecular complexity index is 226. The summed E-state index contributed by atoms with van der Waals surface area (Å²) in [7, 11) is 0. The largest absolute Gasteiger partial charge is 0.395 e. The van der Waals surface area contributed by atoms with E-state index in [9.17, 15) is 0 Å². The van der Waals surface area contributed by atoms with E-state index in [0.717, 1.165) is 24.4 Å². The molecule has 0 aromatic carbocycles. The lowest BCUT2D eigenvalue weighted by Gasteiger charge is -2.36. The summed E-state index contributed by atoms with van der Waals surface area (Å²) in [5.41, 5.74) is -0.0324. The fourth-order valence-corrected chi connectivity index (χ4v) is 2.41. The Morgan fingerprint density at radius 2 is 1.94 bits per heavy atom. The Kier molecular flexibility index (Phi) is 7.71. The standard InChI is InChI=1S/C13H28N2OS/c1-6-8-11(7-2)15(9-10-16)12(17)14-13(3,4)5/h11,16H,6-10H2,1-5H3,(H,14,17). The van der Waals surface area contributed by atoms with Gasteiger partial charge in [-0.1, -0.05) is 20.3 Å². The summed E-state index contributed by atoms with van der Waals surface area (Å²) in [6.45, 7) is 11.4. The SMILES string of the molecule is CCCC(CC)N(CCO)C(=S)NC(C)(C)C. The van der Waals surface area contributed by atoms with Crippen molar-refractivity contribution in [2.45, 2.75) is 65.5 Å². The van der Waals surface area contributed by atoms with E-state index in [1.54, 1.807) is 0 Å². The summed E-state index contributed by atoms with van der Waals surface area (Å²) in [6.07, 6.45) is 3.31. The minimum absolute atomic E-state index is 0.0324. The molecule has 0 heterocycles. The summed E-state index contributed by atoms with van der Waals surface area (Å²) in [5.74, 6) is 0. The lowest BCUT2D eigenvalue weighted by Crippen LogP contribution is -2.52. The van der Waals surface area contributed by atoms with Crippen molar-refractivity contribution in [2.75, 3.05) is 13.2 Å². The van der Waals surface area contributed by atoms with Crippen LogP contribution in [0.3, 0.4) is 0 Å². The third-order valence-corrected chi connectivity index (χ3v) is 2.95. The molecule has 0 aliphatic carbocycles. The molecule has 3 nitrogen and oxygen atoms in total. The quantitative estimate of drug-likeness (QED) is 0.720. The van der Waals surface area contributed by atoms with Crippen LogP contribution in [-0.2, 0) is 0 Å². The molecule has 0 saturated heterocycles. The van der Waals surface area contributed by atoms with Crippen LogP contribution in [0, 0.1) is 0 Å². The number of hydrogen-bond donors (Lipinski definition) is 2. The summed E-state index contributed by atoms with van der Waals surface area (Å²) in [5, 5.41) is 13.2. The molecule has 0 saturated carbocycles. The average molecular weight is 260 g/mol. The second kappa shape index (κ2) is 7.88. The number of nitrogens with zero attached hydrogens (tertiary/aromatic N) is 1. The van der Waals surface area contributed by atoms with E-state index in [0.29, 0.717) is 12.6 Å². The molecule has 0 aliphatic rings. The highest BCUT2D eigenvalue weighted by Gasteiger charge is 2.21. The maximum absolute atomic E-state index is 9.17. The minimum atomic E-state index is -0.0324. The summed E-state index contributed by atoms with van der Waals surface area (Å²) in [4.78, 5) is 2.13. The minimum Gasteiger partial charge on any atom is -0.395 e. The van der Waals surface area contributed by atoms with Crippen molar-refractivity contribution in [2.24, 2.45) is 0 Å². The second-order valence-electron chi connectivity index (χ2n) is 5.45. The average Bonchev–Trinajstić information content (AvgIpc) is 2.20. The maximum Gasteiger partial charge on any atom is 0.169 e. The smallest absolute Gasteiger partial charge is 0.169 e. The molecule has 0 bridgehead atoms. The Morgan fingerprint density at radius 1 is 1.35 bits per heavy atom. The maximum atomic E-state index is 9.17. The number of nitrogens with one attached hydrogen (secondary N) is 1. The molecule has 0 aromatic rings. The van der Waals surface area contributed by atoms with Crippen molar-refractivity contribution in [3.63, 3.8) is 0 Å². The molecule has 1 unspecified atom stereocenters. The molecule has 0 amide bonds. The zero-order chi connectivity index (χ0) is 13.5. The molecule has 0 spiro atoms. The molecule has 102 valence electrons. The number of rotatable bonds is 6. The normalized spacial score (nSPS) is 13.3. The van der Waals surface area contributed by atoms with Gasteiger partial charge in [0.15, 0.2) is 5.11 Å². The number of aliphatic hydroxyl groups is 1. The van der Waals surface area contributed by atoms with Crippen LogP contribution in [0.5, 0.6) is 0 Å². The zero-order valence-corrected chi connectivity index (χ0v) is 12.7. The molecule has 0 radical (unpaired) electrons. The molecule has 17 heavy (non-hydrogen) atoms. The highest BCUT2D eigenvalue weighted by atomic mass is 32.1. The molecule has 0 fully saturated rings. The van der Waals surface area contributed by atoms with Gasteiger partial charge in [-0.2, -0.15) is 0 Å². The van der Waals surface area contributed by atoms with Crippen molar-refractivity contribution in [3.8, 4) is 0 Å². The number of hydrogen-bond acceptors (Lipinski definition) is 2. The predicted molar refractivity (Wildman–Crippen MR) is 78.3 cm³/mol. The van der Waals surface area contributed by atoms with E-state index in [2.05, 4.69) is 44.8 Å². The third kappa shape index (κ3) is 6.84. The first kappa shape index (κ1) is 16.6. The van der Waals surface area contributed by atoms with Gasteiger partial charge in [0, 0.05) is 18.1 Å². The molecule has 1 atom stereocenters. The van der Waals surface area contributed by atoms with Crippen molar-refractivity contribution in [1.29, 1.82) is 0 Å². The van der Waals surface area contributed by atoms with Gasteiger partial charge in [-0.25, -0.2) is 0 Å². The number of thiocarbonyl (C=S) groups is 1. The van der Waals surface area contributed by atoms with Crippen LogP contribution in [0.1, 0.15) is 53.9 Å². The van der Waals surface area contributed by atoms with Crippen LogP contribution in [0.2, 0.25) is 0 Å². The van der Waals surface area contributed by atoms with Crippen LogP contribution in [0.15, 0.2) is 0 Å². The molecular formula is C13H28N2OS. The predicted octanol–water partition coefficient (Wildman–Crippen LogP) is 2.53. The summed E-state index contributed by atoms with van der Waals surface area (Å²) >= 11 is 5.45. The van der Waals surface area contributed by atoms with Gasteiger partial charge in [-0.15, -0.1) is 0 Å². The van der Waals surface area contributed by atoms with Crippen molar-refractivity contribution in [3.05, 3.63) is 0 Å². The van der Waals surface area contributed by atoms with Crippen LogP contribution in [-0.4, -0.2) is 39.9 Å². The fourth-order valence-electron chi connectivity index (χ4n) is 1.86. The highest BCUT2D eigenvalue weighted by Crippen LogP contribution is 2.12. The molecule has 2 N–H and O–H groups in total. The van der Waals surface area contributed by atoms with Gasteiger partial charge in [-0.3, -0.25) is 0 Å². The highest BCUT2D eigenvalue weighted by molar-refractivity contribution is 7.80. The Morgan fingerprint density at radius 3 is 2.29 bits per heavy atom. The Labute approximate surface area is 112 Å². The van der Waals surface area contributed by atoms with Gasteiger partial charge >= 0.3 is 0 Å². The lowest BCUT2D eigenvalue weighted by atomic mass is 10.1. The third-order valence-electron chi connectivity index (χ3n) is 2.62. The van der Waals surface area contributed by atoms with Gasteiger partial charge in [0.25, 0.3) is 0 Å². The Hall–Kier alpha value is -0.350. The molecular weight excluding hydrogens is 232 g/mol. The van der Waals surface area contributed by atoms with Gasteiger partial charge in [0.1, 0.15) is 0 Å². The molecule has 4 heteroatoms. The fraction of sp³-hybridized carbons (Fsp3) is 0.923. The first-order chi connectivity index (χ1) is 7.85. The summed E-state index contributed by atoms with van der Waals surface area (Å²) in [6, 6.07) is 0.425. The van der Waals surface area contributed by atoms with E-state index in [1.165, 1.54) is 0 Å². The molecule has 0 aliphatic heterocycles. The number of aliphatic hydroxyl groups excluding tert-OH is 1. The topological polar surface area (TPSA) is 35.5 Å².